The van der Waals surface area contributed by atoms with E-state index in [1.165, 1.54) is 5.56 Å². The van der Waals surface area contributed by atoms with Crippen LogP contribution in [0.4, 0.5) is 4.79 Å². The second-order valence-corrected chi connectivity index (χ2v) is 7.71. The van der Waals surface area contributed by atoms with Crippen LogP contribution in [0.2, 0.25) is 5.02 Å². The fourth-order valence-electron chi connectivity index (χ4n) is 3.54. The number of primary amides is 1. The number of morpholine rings is 1. The van der Waals surface area contributed by atoms with Crippen molar-refractivity contribution < 1.29 is 14.3 Å². The fraction of sp³-hybridized carbons (Fsp3) is 0.364. The zero-order chi connectivity index (χ0) is 21.3. The third-order valence-electron chi connectivity index (χ3n) is 4.99. The normalized spacial score (nSPS) is 17.8. The maximum absolute atomic E-state index is 12.5. The Bertz CT molecular complexity index is 849. The number of halogens is 1. The number of carbonyl (C=O) groups is 2. The Hall–Kier alpha value is -2.61. The molecule has 0 aliphatic carbocycles. The van der Waals surface area contributed by atoms with E-state index in [1.807, 2.05) is 18.2 Å². The molecule has 7 nitrogen and oxygen atoms in total. The largest absolute Gasteiger partial charge is 0.374 e. The summed E-state index contributed by atoms with van der Waals surface area (Å²) in [6.07, 6.45) is -0.0538. The van der Waals surface area contributed by atoms with Crippen molar-refractivity contribution in [2.24, 2.45) is 5.73 Å². The summed E-state index contributed by atoms with van der Waals surface area (Å²) in [7, 11) is 0. The second-order valence-electron chi connectivity index (χ2n) is 7.30. The Balaban J connectivity index is 1.51. The number of urea groups is 1. The van der Waals surface area contributed by atoms with Crippen molar-refractivity contribution in [2.75, 3.05) is 26.2 Å². The molecule has 1 saturated heterocycles. The molecule has 0 aromatic heterocycles. The van der Waals surface area contributed by atoms with Gasteiger partial charge in [-0.25, -0.2) is 4.79 Å². The van der Waals surface area contributed by atoms with E-state index in [1.54, 1.807) is 24.3 Å². The van der Waals surface area contributed by atoms with Crippen LogP contribution in [-0.2, 0) is 16.1 Å². The zero-order valence-corrected chi connectivity index (χ0v) is 17.5. The van der Waals surface area contributed by atoms with Crippen LogP contribution in [0.25, 0.3) is 0 Å². The molecular weight excluding hydrogens is 404 g/mol. The average molecular weight is 431 g/mol. The van der Waals surface area contributed by atoms with Gasteiger partial charge in [0, 0.05) is 31.2 Å². The number of carbonyl (C=O) groups excluding carboxylic acids is 2. The van der Waals surface area contributed by atoms with Gasteiger partial charge in [0.25, 0.3) is 0 Å². The molecule has 0 saturated carbocycles. The smallest absolute Gasteiger partial charge is 0.312 e. The van der Waals surface area contributed by atoms with Crippen LogP contribution in [0, 0.1) is 0 Å². The molecule has 2 atom stereocenters. The Morgan fingerprint density at radius 2 is 1.90 bits per heavy atom. The van der Waals surface area contributed by atoms with E-state index in [4.69, 9.17) is 22.1 Å². The number of hydrogen-bond acceptors (Lipinski definition) is 4. The number of nitrogens with two attached hydrogens (primary N) is 1. The van der Waals surface area contributed by atoms with Crippen LogP contribution in [0.15, 0.2) is 54.6 Å². The van der Waals surface area contributed by atoms with E-state index < -0.39 is 12.1 Å². The lowest BCUT2D eigenvalue weighted by atomic mass is 10.0. The number of benzene rings is 2. The van der Waals surface area contributed by atoms with E-state index in [-0.39, 0.29) is 18.4 Å². The van der Waals surface area contributed by atoms with Gasteiger partial charge in [-0.1, -0.05) is 60.1 Å². The van der Waals surface area contributed by atoms with Crippen molar-refractivity contribution in [2.45, 2.75) is 25.1 Å². The van der Waals surface area contributed by atoms with Gasteiger partial charge in [0.05, 0.1) is 25.2 Å². The van der Waals surface area contributed by atoms with Gasteiger partial charge in [-0.3, -0.25) is 9.69 Å². The van der Waals surface area contributed by atoms with Crippen LogP contribution < -0.4 is 16.4 Å². The standard InChI is InChI=1S/C22H27ClN4O3/c23-19-9-5-4-8-18(19)20(26-22(24)29)12-21(28)25-13-17-15-27(10-11-30-17)14-16-6-2-1-3-7-16/h1-9,17,20H,10-15H2,(H,25,28)(H3,24,26,29). The highest BCUT2D eigenvalue weighted by atomic mass is 35.5. The first-order valence-corrected chi connectivity index (χ1v) is 10.3. The first-order valence-electron chi connectivity index (χ1n) is 9.96. The molecule has 2 unspecified atom stereocenters. The summed E-state index contributed by atoms with van der Waals surface area (Å²) < 4.78 is 5.80. The summed E-state index contributed by atoms with van der Waals surface area (Å²) in [6.45, 7) is 3.47. The van der Waals surface area contributed by atoms with Crippen molar-refractivity contribution >= 4 is 23.5 Å². The molecule has 4 N–H and O–H groups in total. The number of ether oxygens (including phenoxy) is 1. The van der Waals surface area contributed by atoms with E-state index >= 15 is 0 Å². The first kappa shape index (κ1) is 22.1. The molecule has 1 aliphatic rings. The number of nitrogens with one attached hydrogen (secondary N) is 2. The van der Waals surface area contributed by atoms with Crippen LogP contribution in [-0.4, -0.2) is 49.2 Å². The maximum Gasteiger partial charge on any atom is 0.312 e. The molecule has 160 valence electrons. The molecule has 2 aromatic rings. The summed E-state index contributed by atoms with van der Waals surface area (Å²) in [5, 5.41) is 5.97. The van der Waals surface area contributed by atoms with E-state index in [2.05, 4.69) is 27.7 Å². The molecule has 1 heterocycles. The minimum atomic E-state index is -0.708. The number of nitrogens with zero attached hydrogens (tertiary/aromatic N) is 1. The van der Waals surface area contributed by atoms with Crippen LogP contribution in [0.1, 0.15) is 23.6 Å². The van der Waals surface area contributed by atoms with Crippen molar-refractivity contribution in [1.29, 1.82) is 0 Å². The third-order valence-corrected chi connectivity index (χ3v) is 5.33. The number of rotatable bonds is 8. The Kier molecular flexibility index (Phi) is 8.07. The van der Waals surface area contributed by atoms with Crippen molar-refractivity contribution in [1.82, 2.24) is 15.5 Å². The SMILES string of the molecule is NC(=O)NC(CC(=O)NCC1CN(Cc2ccccc2)CCO1)c1ccccc1Cl. The molecule has 0 radical (unpaired) electrons. The van der Waals surface area contributed by atoms with Crippen LogP contribution >= 0.6 is 11.6 Å². The summed E-state index contributed by atoms with van der Waals surface area (Å²) in [5.41, 5.74) is 7.18. The third kappa shape index (κ3) is 6.73. The highest BCUT2D eigenvalue weighted by Gasteiger charge is 2.23. The molecule has 1 aliphatic heterocycles. The Morgan fingerprint density at radius 1 is 1.17 bits per heavy atom. The Labute approximate surface area is 181 Å². The minimum Gasteiger partial charge on any atom is -0.374 e. The van der Waals surface area contributed by atoms with Gasteiger partial charge in [0.1, 0.15) is 0 Å². The monoisotopic (exact) mass is 430 g/mol. The predicted octanol–water partition coefficient (Wildman–Crippen LogP) is 2.46. The summed E-state index contributed by atoms with van der Waals surface area (Å²) in [5.74, 6) is -0.211. The lowest BCUT2D eigenvalue weighted by Crippen LogP contribution is -2.47. The van der Waals surface area contributed by atoms with Gasteiger partial charge in [0.2, 0.25) is 5.91 Å². The molecule has 2 aromatic carbocycles. The lowest BCUT2D eigenvalue weighted by Gasteiger charge is -2.33. The van der Waals surface area contributed by atoms with Crippen LogP contribution in [0.5, 0.6) is 0 Å². The van der Waals surface area contributed by atoms with Crippen LogP contribution in [0.3, 0.4) is 0 Å². The summed E-state index contributed by atoms with van der Waals surface area (Å²) >= 11 is 6.22. The van der Waals surface area contributed by atoms with Gasteiger partial charge in [0.15, 0.2) is 0 Å². The molecule has 3 rings (SSSR count). The van der Waals surface area contributed by atoms with E-state index in [9.17, 15) is 9.59 Å². The maximum atomic E-state index is 12.5. The molecule has 8 heteroatoms. The van der Waals surface area contributed by atoms with Gasteiger partial charge < -0.3 is 21.1 Å². The molecular formula is C22H27ClN4O3. The Morgan fingerprint density at radius 3 is 2.63 bits per heavy atom. The number of hydrogen-bond donors (Lipinski definition) is 3. The second kappa shape index (κ2) is 11.0. The van der Waals surface area contributed by atoms with Gasteiger partial charge >= 0.3 is 6.03 Å². The van der Waals surface area contributed by atoms with Gasteiger partial charge in [-0.2, -0.15) is 0 Å². The zero-order valence-electron chi connectivity index (χ0n) is 16.7. The minimum absolute atomic E-state index is 0.0348. The van der Waals surface area contributed by atoms with Crippen molar-refractivity contribution in [3.63, 3.8) is 0 Å². The summed E-state index contributed by atoms with van der Waals surface area (Å²) in [4.78, 5) is 26.2. The van der Waals surface area contributed by atoms with Crippen molar-refractivity contribution in [3.05, 3.63) is 70.7 Å². The quantitative estimate of drug-likeness (QED) is 0.599. The van der Waals surface area contributed by atoms with E-state index in [0.29, 0.717) is 23.7 Å². The molecule has 0 bridgehead atoms. The molecule has 30 heavy (non-hydrogen) atoms. The van der Waals surface area contributed by atoms with Crippen molar-refractivity contribution in [3.8, 4) is 0 Å². The van der Waals surface area contributed by atoms with Gasteiger partial charge in [-0.15, -0.1) is 0 Å². The molecule has 3 amide bonds. The number of amides is 3. The van der Waals surface area contributed by atoms with E-state index in [0.717, 1.165) is 19.6 Å². The highest BCUT2D eigenvalue weighted by Crippen LogP contribution is 2.25. The first-order chi connectivity index (χ1) is 14.5. The van der Waals surface area contributed by atoms with Gasteiger partial charge in [-0.05, 0) is 17.2 Å². The summed E-state index contributed by atoms with van der Waals surface area (Å²) in [6, 6.07) is 16.0. The molecule has 1 fully saturated rings. The highest BCUT2D eigenvalue weighted by molar-refractivity contribution is 6.31. The molecule has 0 spiro atoms. The average Bonchev–Trinajstić information content (AvgIpc) is 2.73. The lowest BCUT2D eigenvalue weighted by molar-refractivity contribution is -0.122. The predicted molar refractivity (Wildman–Crippen MR) is 116 cm³/mol. The fourth-order valence-corrected chi connectivity index (χ4v) is 3.81. The topological polar surface area (TPSA) is 96.7 Å².